The van der Waals surface area contributed by atoms with E-state index in [9.17, 15) is 4.79 Å². The Labute approximate surface area is 163 Å². The van der Waals surface area contributed by atoms with E-state index in [0.29, 0.717) is 11.4 Å². The number of benzene rings is 2. The van der Waals surface area contributed by atoms with Gasteiger partial charge in [-0.2, -0.15) is 10.4 Å². The van der Waals surface area contributed by atoms with Crippen molar-refractivity contribution < 1.29 is 9.53 Å². The van der Waals surface area contributed by atoms with Gasteiger partial charge in [0.05, 0.1) is 6.21 Å². The van der Waals surface area contributed by atoms with Crippen LogP contribution in [0.15, 0.2) is 65.8 Å². The molecular weight excluding hydrogens is 352 g/mol. The molecule has 0 aliphatic carbocycles. The van der Waals surface area contributed by atoms with E-state index >= 15 is 0 Å². The molecule has 28 heavy (non-hydrogen) atoms. The molecule has 0 aliphatic heterocycles. The predicted molar refractivity (Wildman–Crippen MR) is 108 cm³/mol. The van der Waals surface area contributed by atoms with E-state index in [0.717, 1.165) is 22.4 Å². The number of ether oxygens (including phenoxy) is 1. The van der Waals surface area contributed by atoms with Crippen molar-refractivity contribution in [1.29, 1.82) is 5.26 Å². The fraction of sp³-hybridized carbons (Fsp3) is 0.136. The summed E-state index contributed by atoms with van der Waals surface area (Å²) in [5, 5.41) is 13.0. The molecule has 0 spiro atoms. The fourth-order valence-electron chi connectivity index (χ4n) is 2.69. The molecule has 0 bridgehead atoms. The number of carbonyl (C=O) groups is 1. The van der Waals surface area contributed by atoms with Crippen LogP contribution in [0.4, 0.5) is 0 Å². The molecule has 140 valence electrons. The maximum absolute atomic E-state index is 11.9. The molecule has 3 rings (SSSR count). The Balaban J connectivity index is 1.51. The molecule has 0 unspecified atom stereocenters. The van der Waals surface area contributed by atoms with Crippen molar-refractivity contribution in [1.82, 2.24) is 9.99 Å². The molecule has 1 heterocycles. The highest BCUT2D eigenvalue weighted by Crippen LogP contribution is 2.21. The van der Waals surface area contributed by atoms with Crippen molar-refractivity contribution in [2.24, 2.45) is 12.1 Å². The van der Waals surface area contributed by atoms with Crippen molar-refractivity contribution in [2.75, 3.05) is 6.61 Å². The molecule has 1 amide bonds. The number of aromatic nitrogens is 1. The number of nitriles is 1. The summed E-state index contributed by atoms with van der Waals surface area (Å²) in [6.45, 7) is 1.74. The standard InChI is InChI=1S/C22H20N4O2/c1-16-19(12-20(13-23)26(16)2)14-24-25-22(27)15-28-21-10-8-18(9-11-21)17-6-4-3-5-7-17/h3-12,14H,15H2,1-2H3,(H,25,27)/b24-14-. The number of rotatable bonds is 6. The zero-order valence-corrected chi connectivity index (χ0v) is 15.7. The molecule has 0 atom stereocenters. The number of nitrogens with one attached hydrogen (secondary N) is 1. The van der Waals surface area contributed by atoms with Gasteiger partial charge in [-0.15, -0.1) is 0 Å². The molecule has 0 fully saturated rings. The monoisotopic (exact) mass is 372 g/mol. The third-order valence-corrected chi connectivity index (χ3v) is 4.41. The average molecular weight is 372 g/mol. The maximum atomic E-state index is 11.9. The smallest absolute Gasteiger partial charge is 0.277 e. The van der Waals surface area contributed by atoms with Gasteiger partial charge >= 0.3 is 0 Å². The molecular formula is C22H20N4O2. The molecule has 2 aromatic carbocycles. The first kappa shape index (κ1) is 18.9. The van der Waals surface area contributed by atoms with Crippen LogP contribution in [0.3, 0.4) is 0 Å². The molecule has 0 radical (unpaired) electrons. The molecule has 6 heteroatoms. The van der Waals surface area contributed by atoms with Gasteiger partial charge in [0.1, 0.15) is 17.5 Å². The van der Waals surface area contributed by atoms with Crippen LogP contribution in [0.25, 0.3) is 11.1 Å². The Kier molecular flexibility index (Phi) is 5.87. The summed E-state index contributed by atoms with van der Waals surface area (Å²) < 4.78 is 7.26. The van der Waals surface area contributed by atoms with E-state index in [2.05, 4.69) is 16.6 Å². The highest BCUT2D eigenvalue weighted by atomic mass is 16.5. The lowest BCUT2D eigenvalue weighted by Gasteiger charge is -2.06. The van der Waals surface area contributed by atoms with E-state index < -0.39 is 0 Å². The number of nitrogens with zero attached hydrogens (tertiary/aromatic N) is 3. The summed E-state index contributed by atoms with van der Waals surface area (Å²) in [5.74, 6) is 0.244. The summed E-state index contributed by atoms with van der Waals surface area (Å²) in [4.78, 5) is 11.9. The molecule has 0 saturated heterocycles. The fourth-order valence-corrected chi connectivity index (χ4v) is 2.69. The minimum absolute atomic E-state index is 0.140. The summed E-state index contributed by atoms with van der Waals surface area (Å²) in [5.41, 5.74) is 6.83. The number of carbonyl (C=O) groups excluding carboxylic acids is 1. The minimum atomic E-state index is -0.363. The van der Waals surface area contributed by atoms with Crippen molar-refractivity contribution in [3.05, 3.63) is 77.6 Å². The van der Waals surface area contributed by atoms with Crippen LogP contribution >= 0.6 is 0 Å². The van der Waals surface area contributed by atoms with Crippen LogP contribution in [0.2, 0.25) is 0 Å². The van der Waals surface area contributed by atoms with Crippen LogP contribution < -0.4 is 10.2 Å². The summed E-state index contributed by atoms with van der Waals surface area (Å²) in [6, 6.07) is 21.4. The van der Waals surface area contributed by atoms with Gasteiger partial charge in [-0.25, -0.2) is 5.43 Å². The first-order chi connectivity index (χ1) is 13.6. The van der Waals surface area contributed by atoms with Gasteiger partial charge in [-0.1, -0.05) is 42.5 Å². The molecule has 6 nitrogen and oxygen atoms in total. The topological polar surface area (TPSA) is 79.4 Å². The average Bonchev–Trinajstić information content (AvgIpc) is 3.01. The van der Waals surface area contributed by atoms with Crippen LogP contribution in [-0.4, -0.2) is 23.3 Å². The Hall–Kier alpha value is -3.85. The van der Waals surface area contributed by atoms with E-state index in [1.807, 2.05) is 61.5 Å². The number of hydrogen-bond donors (Lipinski definition) is 1. The van der Waals surface area contributed by atoms with E-state index in [1.165, 1.54) is 6.21 Å². The van der Waals surface area contributed by atoms with Gasteiger partial charge in [-0.3, -0.25) is 4.79 Å². The first-order valence-electron chi connectivity index (χ1n) is 8.75. The molecule has 1 aromatic heterocycles. The van der Waals surface area contributed by atoms with E-state index in [4.69, 9.17) is 10.00 Å². The van der Waals surface area contributed by atoms with Gasteiger partial charge in [0, 0.05) is 18.3 Å². The Bertz CT molecular complexity index is 1030. The zero-order valence-electron chi connectivity index (χ0n) is 15.7. The molecule has 3 aromatic rings. The summed E-state index contributed by atoms with van der Waals surface area (Å²) >= 11 is 0. The molecule has 0 saturated carbocycles. The van der Waals surface area contributed by atoms with Gasteiger partial charge in [0.25, 0.3) is 5.91 Å². The third kappa shape index (κ3) is 4.46. The van der Waals surface area contributed by atoms with Gasteiger partial charge in [0.2, 0.25) is 0 Å². The number of hydrogen-bond acceptors (Lipinski definition) is 4. The third-order valence-electron chi connectivity index (χ3n) is 4.41. The van der Waals surface area contributed by atoms with Crippen molar-refractivity contribution in [3.8, 4) is 22.9 Å². The largest absolute Gasteiger partial charge is 0.484 e. The van der Waals surface area contributed by atoms with Crippen molar-refractivity contribution >= 4 is 12.1 Å². The first-order valence-corrected chi connectivity index (χ1v) is 8.75. The van der Waals surface area contributed by atoms with E-state index in [1.54, 1.807) is 17.7 Å². The second-order valence-corrected chi connectivity index (χ2v) is 6.21. The van der Waals surface area contributed by atoms with Gasteiger partial charge in [-0.05, 0) is 36.2 Å². The summed E-state index contributed by atoms with van der Waals surface area (Å²) in [7, 11) is 1.81. The van der Waals surface area contributed by atoms with Gasteiger partial charge < -0.3 is 9.30 Å². The van der Waals surface area contributed by atoms with Crippen LogP contribution in [0, 0.1) is 18.3 Å². The summed E-state index contributed by atoms with van der Waals surface area (Å²) in [6.07, 6.45) is 1.52. The van der Waals surface area contributed by atoms with Crippen LogP contribution in [0.1, 0.15) is 17.0 Å². The SMILES string of the molecule is Cc1c(/C=N\NC(=O)COc2ccc(-c3ccccc3)cc2)cc(C#N)n1C. The van der Waals surface area contributed by atoms with Crippen LogP contribution in [0.5, 0.6) is 5.75 Å². The lowest BCUT2D eigenvalue weighted by molar-refractivity contribution is -0.123. The Morgan fingerprint density at radius 2 is 1.86 bits per heavy atom. The minimum Gasteiger partial charge on any atom is -0.484 e. The Morgan fingerprint density at radius 3 is 2.50 bits per heavy atom. The zero-order chi connectivity index (χ0) is 19.9. The second kappa shape index (κ2) is 8.69. The normalized spacial score (nSPS) is 10.6. The van der Waals surface area contributed by atoms with Crippen molar-refractivity contribution in [2.45, 2.75) is 6.92 Å². The highest BCUT2D eigenvalue weighted by Gasteiger charge is 2.07. The van der Waals surface area contributed by atoms with Crippen LogP contribution in [-0.2, 0) is 11.8 Å². The molecule has 0 aliphatic rings. The van der Waals surface area contributed by atoms with Crippen molar-refractivity contribution in [3.63, 3.8) is 0 Å². The Morgan fingerprint density at radius 1 is 1.18 bits per heavy atom. The quantitative estimate of drug-likeness (QED) is 0.532. The number of hydrazone groups is 1. The lowest BCUT2D eigenvalue weighted by atomic mass is 10.1. The number of amides is 1. The lowest BCUT2D eigenvalue weighted by Crippen LogP contribution is -2.24. The second-order valence-electron chi connectivity index (χ2n) is 6.21. The maximum Gasteiger partial charge on any atom is 0.277 e. The predicted octanol–water partition coefficient (Wildman–Crippen LogP) is 3.40. The molecule has 1 N–H and O–H groups in total. The highest BCUT2D eigenvalue weighted by molar-refractivity contribution is 5.84. The van der Waals surface area contributed by atoms with E-state index in [-0.39, 0.29) is 12.5 Å². The van der Waals surface area contributed by atoms with Gasteiger partial charge in [0.15, 0.2) is 6.61 Å².